The minimum atomic E-state index is -3.83. The molecule has 1 amide bonds. The Bertz CT molecular complexity index is 894. The number of ether oxygens (including phenoxy) is 2. The zero-order chi connectivity index (χ0) is 20.7. The van der Waals surface area contributed by atoms with Crippen molar-refractivity contribution in [3.8, 4) is 11.5 Å². The molecule has 152 valence electrons. The molecule has 0 bridgehead atoms. The number of amides is 1. The fourth-order valence-electron chi connectivity index (χ4n) is 2.53. The van der Waals surface area contributed by atoms with Crippen molar-refractivity contribution < 1.29 is 22.7 Å². The van der Waals surface area contributed by atoms with Gasteiger partial charge in [-0.1, -0.05) is 18.5 Å². The van der Waals surface area contributed by atoms with E-state index in [0.717, 1.165) is 4.31 Å². The number of hydrogen-bond acceptors (Lipinski definition) is 5. The van der Waals surface area contributed by atoms with Crippen molar-refractivity contribution >= 4 is 33.2 Å². The van der Waals surface area contributed by atoms with Gasteiger partial charge < -0.3 is 14.8 Å². The Kier molecular flexibility index (Phi) is 7.68. The standard InChI is InChI=1S/C19H23ClN2O5S/c1-4-9-22(28(24,25)18-7-5-14(20)6-8-18)13-19(23)21-15-10-16(26-2)12-17(11-15)27-3/h5-8,10-12H,4,9,13H2,1-3H3,(H,21,23). The van der Waals surface area contributed by atoms with E-state index in [2.05, 4.69) is 5.32 Å². The van der Waals surface area contributed by atoms with Crippen molar-refractivity contribution in [2.75, 3.05) is 32.6 Å². The molecule has 0 heterocycles. The molecule has 0 fully saturated rings. The Labute approximate surface area is 170 Å². The van der Waals surface area contributed by atoms with Crippen LogP contribution in [0.15, 0.2) is 47.4 Å². The van der Waals surface area contributed by atoms with Gasteiger partial charge in [0.1, 0.15) is 11.5 Å². The van der Waals surface area contributed by atoms with Crippen molar-refractivity contribution in [3.05, 3.63) is 47.5 Å². The van der Waals surface area contributed by atoms with Gasteiger partial charge in [-0.15, -0.1) is 0 Å². The Morgan fingerprint density at radius 2 is 1.64 bits per heavy atom. The van der Waals surface area contributed by atoms with Gasteiger partial charge in [0.25, 0.3) is 0 Å². The molecule has 0 aromatic heterocycles. The van der Waals surface area contributed by atoms with Crippen molar-refractivity contribution in [2.45, 2.75) is 18.2 Å². The summed E-state index contributed by atoms with van der Waals surface area (Å²) in [4.78, 5) is 12.6. The van der Waals surface area contributed by atoms with Gasteiger partial charge in [-0.2, -0.15) is 4.31 Å². The summed E-state index contributed by atoms with van der Waals surface area (Å²) in [6.45, 7) is 1.73. The van der Waals surface area contributed by atoms with Crippen LogP contribution in [0.1, 0.15) is 13.3 Å². The number of methoxy groups -OCH3 is 2. The molecule has 0 aliphatic carbocycles. The maximum atomic E-state index is 12.9. The number of halogens is 1. The monoisotopic (exact) mass is 426 g/mol. The summed E-state index contributed by atoms with van der Waals surface area (Å²) in [6, 6.07) is 10.8. The number of nitrogens with zero attached hydrogens (tertiary/aromatic N) is 1. The number of rotatable bonds is 9. The van der Waals surface area contributed by atoms with E-state index < -0.39 is 15.9 Å². The van der Waals surface area contributed by atoms with Crippen LogP contribution >= 0.6 is 11.6 Å². The molecule has 7 nitrogen and oxygen atoms in total. The lowest BCUT2D eigenvalue weighted by atomic mass is 10.2. The van der Waals surface area contributed by atoms with E-state index in [1.54, 1.807) is 18.2 Å². The van der Waals surface area contributed by atoms with Gasteiger partial charge in [0.05, 0.1) is 25.7 Å². The number of benzene rings is 2. The fraction of sp³-hybridized carbons (Fsp3) is 0.316. The normalized spacial score (nSPS) is 11.3. The third-order valence-electron chi connectivity index (χ3n) is 3.88. The summed E-state index contributed by atoms with van der Waals surface area (Å²) in [6.07, 6.45) is 0.563. The first-order chi connectivity index (χ1) is 13.3. The number of nitrogens with one attached hydrogen (secondary N) is 1. The molecule has 1 N–H and O–H groups in total. The molecule has 9 heteroatoms. The lowest BCUT2D eigenvalue weighted by Crippen LogP contribution is -2.38. The Morgan fingerprint density at radius 3 is 2.14 bits per heavy atom. The van der Waals surface area contributed by atoms with Crippen LogP contribution in [0.2, 0.25) is 5.02 Å². The molecular formula is C19H23ClN2O5S. The Morgan fingerprint density at radius 1 is 1.07 bits per heavy atom. The van der Waals surface area contributed by atoms with Crippen LogP contribution < -0.4 is 14.8 Å². The molecular weight excluding hydrogens is 404 g/mol. The number of sulfonamides is 1. The number of carbonyl (C=O) groups excluding carboxylic acids is 1. The Hall–Kier alpha value is -2.29. The van der Waals surface area contributed by atoms with E-state index in [9.17, 15) is 13.2 Å². The van der Waals surface area contributed by atoms with Gasteiger partial charge in [0.2, 0.25) is 15.9 Å². The van der Waals surface area contributed by atoms with Crippen molar-refractivity contribution in [2.24, 2.45) is 0 Å². The predicted octanol–water partition coefficient (Wildman–Crippen LogP) is 3.40. The maximum absolute atomic E-state index is 12.9. The highest BCUT2D eigenvalue weighted by atomic mass is 35.5. The smallest absolute Gasteiger partial charge is 0.243 e. The van der Waals surface area contributed by atoms with Gasteiger partial charge in [-0.3, -0.25) is 4.79 Å². The average Bonchev–Trinajstić information content (AvgIpc) is 2.67. The second-order valence-electron chi connectivity index (χ2n) is 5.94. The van der Waals surface area contributed by atoms with Gasteiger partial charge in [0.15, 0.2) is 0 Å². The summed E-state index contributed by atoms with van der Waals surface area (Å²) in [5, 5.41) is 3.12. The summed E-state index contributed by atoms with van der Waals surface area (Å²) in [7, 11) is -0.824. The molecule has 0 spiro atoms. The van der Waals surface area contributed by atoms with E-state index in [-0.39, 0.29) is 18.0 Å². The first-order valence-corrected chi connectivity index (χ1v) is 10.4. The van der Waals surface area contributed by atoms with E-state index in [4.69, 9.17) is 21.1 Å². The quantitative estimate of drug-likeness (QED) is 0.664. The summed E-state index contributed by atoms with van der Waals surface area (Å²) < 4.78 is 37.3. The molecule has 0 radical (unpaired) electrons. The molecule has 0 saturated carbocycles. The van der Waals surface area contributed by atoms with E-state index in [0.29, 0.717) is 28.6 Å². The fourth-order valence-corrected chi connectivity index (χ4v) is 4.14. The molecule has 0 aliphatic heterocycles. The van der Waals surface area contributed by atoms with Crippen molar-refractivity contribution in [1.29, 1.82) is 0 Å². The SMILES string of the molecule is CCCN(CC(=O)Nc1cc(OC)cc(OC)c1)S(=O)(=O)c1ccc(Cl)cc1. The van der Waals surface area contributed by atoms with Crippen LogP contribution in [-0.4, -0.2) is 45.9 Å². The van der Waals surface area contributed by atoms with Crippen molar-refractivity contribution in [1.82, 2.24) is 4.31 Å². The number of carbonyl (C=O) groups is 1. The molecule has 2 rings (SSSR count). The Balaban J connectivity index is 2.20. The van der Waals surface area contributed by atoms with E-state index in [1.807, 2.05) is 6.92 Å². The van der Waals surface area contributed by atoms with E-state index >= 15 is 0 Å². The number of anilines is 1. The highest BCUT2D eigenvalue weighted by molar-refractivity contribution is 7.89. The van der Waals surface area contributed by atoms with Crippen LogP contribution in [0.5, 0.6) is 11.5 Å². The maximum Gasteiger partial charge on any atom is 0.243 e. The topological polar surface area (TPSA) is 84.9 Å². The highest BCUT2D eigenvalue weighted by Gasteiger charge is 2.26. The lowest BCUT2D eigenvalue weighted by Gasteiger charge is -2.21. The average molecular weight is 427 g/mol. The summed E-state index contributed by atoms with van der Waals surface area (Å²) >= 11 is 5.83. The minimum absolute atomic E-state index is 0.0844. The van der Waals surface area contributed by atoms with Crippen LogP contribution in [-0.2, 0) is 14.8 Å². The molecule has 0 saturated heterocycles. The van der Waals surface area contributed by atoms with Crippen LogP contribution in [0.4, 0.5) is 5.69 Å². The second-order valence-corrected chi connectivity index (χ2v) is 8.32. The molecule has 2 aromatic rings. The molecule has 0 aliphatic rings. The largest absolute Gasteiger partial charge is 0.497 e. The van der Waals surface area contributed by atoms with Gasteiger partial charge in [-0.25, -0.2) is 8.42 Å². The van der Waals surface area contributed by atoms with E-state index in [1.165, 1.54) is 38.5 Å². The van der Waals surface area contributed by atoms with Gasteiger partial charge in [0, 0.05) is 35.5 Å². The first kappa shape index (κ1) is 22.0. The lowest BCUT2D eigenvalue weighted by molar-refractivity contribution is -0.116. The third-order valence-corrected chi connectivity index (χ3v) is 5.99. The third kappa shape index (κ3) is 5.60. The second kappa shape index (κ2) is 9.77. The molecule has 0 unspecified atom stereocenters. The molecule has 0 atom stereocenters. The zero-order valence-electron chi connectivity index (χ0n) is 15.9. The van der Waals surface area contributed by atoms with Crippen LogP contribution in [0.25, 0.3) is 0 Å². The zero-order valence-corrected chi connectivity index (χ0v) is 17.5. The highest BCUT2D eigenvalue weighted by Crippen LogP contribution is 2.26. The van der Waals surface area contributed by atoms with Crippen LogP contribution in [0, 0.1) is 0 Å². The summed E-state index contributed by atoms with van der Waals surface area (Å²) in [5.41, 5.74) is 0.446. The van der Waals surface area contributed by atoms with Gasteiger partial charge >= 0.3 is 0 Å². The molecule has 28 heavy (non-hydrogen) atoms. The van der Waals surface area contributed by atoms with Crippen LogP contribution in [0.3, 0.4) is 0 Å². The predicted molar refractivity (Wildman–Crippen MR) is 109 cm³/mol. The number of hydrogen-bond donors (Lipinski definition) is 1. The minimum Gasteiger partial charge on any atom is -0.497 e. The van der Waals surface area contributed by atoms with Crippen molar-refractivity contribution in [3.63, 3.8) is 0 Å². The summed E-state index contributed by atoms with van der Waals surface area (Å²) in [5.74, 6) is 0.545. The first-order valence-electron chi connectivity index (χ1n) is 8.58. The molecule has 2 aromatic carbocycles. The van der Waals surface area contributed by atoms with Gasteiger partial charge in [-0.05, 0) is 30.7 Å².